The zero-order valence-electron chi connectivity index (χ0n) is 18.4. The number of nitrogens with one attached hydrogen (secondary N) is 1. The molecule has 1 aliphatic heterocycles. The first-order valence-corrected chi connectivity index (χ1v) is 12.0. The second-order valence-corrected chi connectivity index (χ2v) is 9.06. The van der Waals surface area contributed by atoms with Crippen LogP contribution in [0.25, 0.3) is 0 Å². The zero-order chi connectivity index (χ0) is 24.6. The number of sulfonamides is 1. The summed E-state index contributed by atoms with van der Waals surface area (Å²) in [6, 6.07) is 7.91. The standard InChI is InChI=1S/C22H22F2N6O3S/c1-3-29-17-12-26-22(27-13-8-10-14(11-9-13)34(25,32)33)28-20(17)30(4-2)19(21(29)31)18-15(23)6-5-7-16(18)24/h5-12,19H,3-4H2,1-2H3,(H2,25,32,33)(H,26,27,28). The molecule has 0 bridgehead atoms. The van der Waals surface area contributed by atoms with Crippen LogP contribution in [0.4, 0.5) is 31.9 Å². The van der Waals surface area contributed by atoms with Crippen LogP contribution in [-0.4, -0.2) is 37.4 Å². The number of carbonyl (C=O) groups excluding carboxylic acids is 1. The molecule has 1 aromatic heterocycles. The largest absolute Gasteiger partial charge is 0.339 e. The molecular weight excluding hydrogens is 466 g/mol. The van der Waals surface area contributed by atoms with Crippen molar-refractivity contribution in [3.63, 3.8) is 0 Å². The highest BCUT2D eigenvalue weighted by molar-refractivity contribution is 7.89. The molecule has 1 atom stereocenters. The summed E-state index contributed by atoms with van der Waals surface area (Å²) >= 11 is 0. The third-order valence-corrected chi connectivity index (χ3v) is 6.42. The van der Waals surface area contributed by atoms with Crippen LogP contribution in [0.3, 0.4) is 0 Å². The minimum absolute atomic E-state index is 0.0478. The summed E-state index contributed by atoms with van der Waals surface area (Å²) in [5.74, 6) is -1.64. The average Bonchev–Trinajstić information content (AvgIpc) is 2.79. The van der Waals surface area contributed by atoms with Crippen molar-refractivity contribution in [2.45, 2.75) is 24.8 Å². The van der Waals surface area contributed by atoms with E-state index in [-0.39, 0.29) is 29.5 Å². The molecule has 0 fully saturated rings. The number of likely N-dealkylation sites (N-methyl/N-ethyl adjacent to an activating group) is 2. The Morgan fingerprint density at radius 2 is 1.71 bits per heavy atom. The summed E-state index contributed by atoms with van der Waals surface area (Å²) in [5.41, 5.74) is 0.564. The first-order chi connectivity index (χ1) is 16.2. The number of anilines is 4. The van der Waals surface area contributed by atoms with Gasteiger partial charge in [0.15, 0.2) is 5.82 Å². The van der Waals surface area contributed by atoms with E-state index in [0.29, 0.717) is 17.2 Å². The molecule has 12 heteroatoms. The van der Waals surface area contributed by atoms with Crippen molar-refractivity contribution in [2.75, 3.05) is 28.2 Å². The fourth-order valence-corrected chi connectivity index (χ4v) is 4.43. The first kappa shape index (κ1) is 23.5. The molecule has 1 unspecified atom stereocenters. The van der Waals surface area contributed by atoms with Crippen LogP contribution < -0.4 is 20.3 Å². The molecule has 34 heavy (non-hydrogen) atoms. The van der Waals surface area contributed by atoms with E-state index >= 15 is 0 Å². The Morgan fingerprint density at radius 3 is 2.26 bits per heavy atom. The molecule has 178 valence electrons. The Balaban J connectivity index is 1.76. The third-order valence-electron chi connectivity index (χ3n) is 5.49. The first-order valence-electron chi connectivity index (χ1n) is 10.4. The quantitative estimate of drug-likeness (QED) is 0.547. The van der Waals surface area contributed by atoms with Gasteiger partial charge in [0.1, 0.15) is 23.4 Å². The summed E-state index contributed by atoms with van der Waals surface area (Å²) < 4.78 is 52.3. The van der Waals surface area contributed by atoms with Crippen molar-refractivity contribution in [3.8, 4) is 0 Å². The van der Waals surface area contributed by atoms with E-state index in [1.807, 2.05) is 0 Å². The molecule has 1 aliphatic rings. The molecule has 4 rings (SSSR count). The predicted octanol–water partition coefficient (Wildman–Crippen LogP) is 3.08. The summed E-state index contributed by atoms with van der Waals surface area (Å²) in [4.78, 5) is 25.0. The monoisotopic (exact) mass is 488 g/mol. The lowest BCUT2D eigenvalue weighted by Crippen LogP contribution is -2.49. The topological polar surface area (TPSA) is 122 Å². The van der Waals surface area contributed by atoms with Gasteiger partial charge >= 0.3 is 0 Å². The van der Waals surface area contributed by atoms with Crippen LogP contribution in [0.5, 0.6) is 0 Å². The van der Waals surface area contributed by atoms with Crippen molar-refractivity contribution in [2.24, 2.45) is 5.14 Å². The highest BCUT2D eigenvalue weighted by Crippen LogP contribution is 2.41. The number of rotatable bonds is 6. The fourth-order valence-electron chi connectivity index (χ4n) is 3.92. The van der Waals surface area contributed by atoms with Gasteiger partial charge in [-0.25, -0.2) is 27.3 Å². The van der Waals surface area contributed by atoms with E-state index in [2.05, 4.69) is 15.3 Å². The van der Waals surface area contributed by atoms with Gasteiger partial charge in [-0.2, -0.15) is 4.98 Å². The Labute approximate surface area is 195 Å². The number of fused-ring (bicyclic) bond motifs is 1. The van der Waals surface area contributed by atoms with E-state index in [0.717, 1.165) is 12.1 Å². The molecular formula is C22H22F2N6O3S. The number of primary sulfonamides is 1. The number of hydrogen-bond acceptors (Lipinski definition) is 7. The van der Waals surface area contributed by atoms with Crippen molar-refractivity contribution in [1.82, 2.24) is 9.97 Å². The summed E-state index contributed by atoms with van der Waals surface area (Å²) in [6.07, 6.45) is 1.46. The van der Waals surface area contributed by atoms with Gasteiger partial charge in [-0.3, -0.25) is 4.79 Å². The maximum atomic E-state index is 14.7. The molecule has 2 heterocycles. The average molecular weight is 489 g/mol. The van der Waals surface area contributed by atoms with Crippen LogP contribution in [0.1, 0.15) is 25.5 Å². The number of amides is 1. The smallest absolute Gasteiger partial charge is 0.254 e. The minimum Gasteiger partial charge on any atom is -0.339 e. The summed E-state index contributed by atoms with van der Waals surface area (Å²) in [5, 5.41) is 8.08. The Bertz CT molecular complexity index is 1330. The lowest BCUT2D eigenvalue weighted by molar-refractivity contribution is -0.120. The van der Waals surface area contributed by atoms with Crippen molar-refractivity contribution < 1.29 is 22.0 Å². The number of nitrogens with two attached hydrogens (primary N) is 1. The zero-order valence-corrected chi connectivity index (χ0v) is 19.2. The molecule has 3 aromatic rings. The van der Waals surface area contributed by atoms with Gasteiger partial charge in [0.05, 0.1) is 16.7 Å². The second kappa shape index (κ2) is 8.95. The Hall–Kier alpha value is -3.64. The number of benzene rings is 2. The number of carbonyl (C=O) groups is 1. The molecule has 0 spiro atoms. The van der Waals surface area contributed by atoms with Crippen LogP contribution in [0.15, 0.2) is 53.6 Å². The van der Waals surface area contributed by atoms with Crippen molar-refractivity contribution in [1.29, 1.82) is 0 Å². The SMILES string of the molecule is CCN1C(=O)C(c2c(F)cccc2F)N(CC)c2nc(Nc3ccc(S(N)(=O)=O)cc3)ncc21. The Morgan fingerprint density at radius 1 is 1.06 bits per heavy atom. The van der Waals surface area contributed by atoms with E-state index in [1.54, 1.807) is 13.8 Å². The van der Waals surface area contributed by atoms with Crippen LogP contribution in [0.2, 0.25) is 0 Å². The molecule has 0 saturated carbocycles. The highest BCUT2D eigenvalue weighted by atomic mass is 32.2. The summed E-state index contributed by atoms with van der Waals surface area (Å²) in [7, 11) is -3.83. The molecule has 0 radical (unpaired) electrons. The molecule has 1 amide bonds. The van der Waals surface area contributed by atoms with Gasteiger partial charge in [0, 0.05) is 18.8 Å². The summed E-state index contributed by atoms with van der Waals surface area (Å²) in [6.45, 7) is 4.00. The number of halogens is 2. The van der Waals surface area contributed by atoms with Crippen molar-refractivity contribution >= 4 is 39.1 Å². The van der Waals surface area contributed by atoms with Crippen LogP contribution in [0, 0.1) is 11.6 Å². The van der Waals surface area contributed by atoms with Gasteiger partial charge < -0.3 is 15.1 Å². The molecule has 3 N–H and O–H groups in total. The van der Waals surface area contributed by atoms with E-state index < -0.39 is 33.6 Å². The molecule has 2 aromatic carbocycles. The highest BCUT2D eigenvalue weighted by Gasteiger charge is 2.42. The lowest BCUT2D eigenvalue weighted by atomic mass is 9.99. The number of nitrogens with zero attached hydrogens (tertiary/aromatic N) is 4. The van der Waals surface area contributed by atoms with Gasteiger partial charge in [0.2, 0.25) is 16.0 Å². The maximum Gasteiger partial charge on any atom is 0.254 e. The molecule has 0 saturated heterocycles. The maximum absolute atomic E-state index is 14.7. The van der Waals surface area contributed by atoms with Crippen molar-refractivity contribution in [3.05, 3.63) is 65.9 Å². The number of aromatic nitrogens is 2. The minimum atomic E-state index is -3.83. The van der Waals surface area contributed by atoms with E-state index in [4.69, 9.17) is 5.14 Å². The fraction of sp³-hybridized carbons (Fsp3) is 0.227. The lowest BCUT2D eigenvalue weighted by Gasteiger charge is -2.41. The molecule has 9 nitrogen and oxygen atoms in total. The normalized spacial score (nSPS) is 15.9. The van der Waals surface area contributed by atoms with Crippen LogP contribution >= 0.6 is 0 Å². The number of hydrogen-bond donors (Lipinski definition) is 2. The van der Waals surface area contributed by atoms with E-state index in [1.165, 1.54) is 46.3 Å². The van der Waals surface area contributed by atoms with Gasteiger partial charge in [-0.1, -0.05) is 6.07 Å². The van der Waals surface area contributed by atoms with Gasteiger partial charge in [0.25, 0.3) is 5.91 Å². The predicted molar refractivity (Wildman–Crippen MR) is 123 cm³/mol. The van der Waals surface area contributed by atoms with Gasteiger partial charge in [-0.05, 0) is 50.2 Å². The third kappa shape index (κ3) is 4.17. The van der Waals surface area contributed by atoms with Gasteiger partial charge in [-0.15, -0.1) is 0 Å². The van der Waals surface area contributed by atoms with Crippen LogP contribution in [-0.2, 0) is 14.8 Å². The Kier molecular flexibility index (Phi) is 6.19. The molecule has 0 aliphatic carbocycles. The second-order valence-electron chi connectivity index (χ2n) is 7.50. The van der Waals surface area contributed by atoms with E-state index in [9.17, 15) is 22.0 Å².